The highest BCUT2D eigenvalue weighted by Crippen LogP contribution is 2.21. The number of amides is 1. The zero-order valence-corrected chi connectivity index (χ0v) is 13.3. The molecule has 0 spiro atoms. The third kappa shape index (κ3) is 3.49. The van der Waals surface area contributed by atoms with Crippen LogP contribution in [0.25, 0.3) is 0 Å². The van der Waals surface area contributed by atoms with E-state index < -0.39 is 5.82 Å². The highest BCUT2D eigenvalue weighted by molar-refractivity contribution is 6.06. The van der Waals surface area contributed by atoms with Crippen LogP contribution in [0.15, 0.2) is 73.1 Å². The molecule has 0 saturated carbocycles. The molecule has 3 nitrogen and oxygen atoms in total. The molecule has 0 saturated heterocycles. The number of carbonyl (C=O) groups is 1. The quantitative estimate of drug-likeness (QED) is 0.715. The smallest absolute Gasteiger partial charge is 0.261 e. The molecule has 0 radical (unpaired) electrons. The Morgan fingerprint density at radius 1 is 1.04 bits per heavy atom. The fourth-order valence-corrected chi connectivity index (χ4v) is 2.46. The van der Waals surface area contributed by atoms with Gasteiger partial charge >= 0.3 is 0 Å². The molecule has 1 amide bonds. The van der Waals surface area contributed by atoms with Crippen molar-refractivity contribution in [2.45, 2.75) is 13.5 Å². The Hall–Kier alpha value is -3.01. The number of anilines is 1. The van der Waals surface area contributed by atoms with Crippen molar-refractivity contribution in [3.8, 4) is 0 Å². The second-order valence-electron chi connectivity index (χ2n) is 5.57. The summed E-state index contributed by atoms with van der Waals surface area (Å²) >= 11 is 0. The van der Waals surface area contributed by atoms with E-state index in [1.807, 2.05) is 43.3 Å². The lowest BCUT2D eigenvalue weighted by Gasteiger charge is -2.23. The molecule has 3 rings (SSSR count). The second-order valence-corrected chi connectivity index (χ2v) is 5.57. The van der Waals surface area contributed by atoms with Crippen molar-refractivity contribution in [3.63, 3.8) is 0 Å². The molecule has 0 atom stereocenters. The largest absolute Gasteiger partial charge is 0.304 e. The van der Waals surface area contributed by atoms with Gasteiger partial charge in [0.25, 0.3) is 5.91 Å². The normalized spacial score (nSPS) is 10.4. The van der Waals surface area contributed by atoms with Crippen LogP contribution in [0.4, 0.5) is 10.1 Å². The number of nitrogens with zero attached hydrogens (tertiary/aromatic N) is 2. The van der Waals surface area contributed by atoms with Gasteiger partial charge in [-0.05, 0) is 42.8 Å². The van der Waals surface area contributed by atoms with Gasteiger partial charge in [0, 0.05) is 18.1 Å². The minimum absolute atomic E-state index is 0.0574. The maximum atomic E-state index is 14.1. The molecular weight excluding hydrogens is 303 g/mol. The molecule has 120 valence electrons. The summed E-state index contributed by atoms with van der Waals surface area (Å²) in [6.07, 6.45) is 3.38. The average molecular weight is 320 g/mol. The maximum Gasteiger partial charge on any atom is 0.261 e. The van der Waals surface area contributed by atoms with Crippen LogP contribution in [0, 0.1) is 12.7 Å². The zero-order chi connectivity index (χ0) is 16.9. The van der Waals surface area contributed by atoms with Gasteiger partial charge in [0.2, 0.25) is 0 Å². The van der Waals surface area contributed by atoms with Gasteiger partial charge in [-0.25, -0.2) is 4.39 Å². The Bertz CT molecular complexity index is 832. The van der Waals surface area contributed by atoms with Crippen LogP contribution in [-0.2, 0) is 6.54 Å². The van der Waals surface area contributed by atoms with E-state index in [-0.39, 0.29) is 11.5 Å². The van der Waals surface area contributed by atoms with Crippen LogP contribution in [0.1, 0.15) is 21.5 Å². The van der Waals surface area contributed by atoms with E-state index in [9.17, 15) is 9.18 Å². The van der Waals surface area contributed by atoms with E-state index in [0.29, 0.717) is 6.54 Å². The van der Waals surface area contributed by atoms with Crippen LogP contribution in [-0.4, -0.2) is 10.9 Å². The van der Waals surface area contributed by atoms with Crippen molar-refractivity contribution in [2.75, 3.05) is 4.90 Å². The van der Waals surface area contributed by atoms with Crippen LogP contribution in [0.5, 0.6) is 0 Å². The van der Waals surface area contributed by atoms with Crippen molar-refractivity contribution in [1.29, 1.82) is 0 Å². The molecule has 1 heterocycles. The molecule has 1 aromatic heterocycles. The summed E-state index contributed by atoms with van der Waals surface area (Å²) in [5.41, 5.74) is 2.75. The molecule has 2 aromatic carbocycles. The van der Waals surface area contributed by atoms with E-state index in [4.69, 9.17) is 0 Å². The number of benzene rings is 2. The van der Waals surface area contributed by atoms with Gasteiger partial charge in [-0.2, -0.15) is 0 Å². The lowest BCUT2D eigenvalue weighted by molar-refractivity contribution is 0.0981. The molecule has 24 heavy (non-hydrogen) atoms. The molecule has 4 heteroatoms. The minimum atomic E-state index is -0.522. The van der Waals surface area contributed by atoms with Gasteiger partial charge in [-0.15, -0.1) is 0 Å². The van der Waals surface area contributed by atoms with Gasteiger partial charge in [-0.1, -0.05) is 35.9 Å². The fourth-order valence-electron chi connectivity index (χ4n) is 2.46. The number of pyridine rings is 1. The van der Waals surface area contributed by atoms with Crippen molar-refractivity contribution in [3.05, 3.63) is 95.6 Å². The Morgan fingerprint density at radius 2 is 1.79 bits per heavy atom. The molecule has 0 aliphatic rings. The Morgan fingerprint density at radius 3 is 2.46 bits per heavy atom. The van der Waals surface area contributed by atoms with Crippen molar-refractivity contribution in [2.24, 2.45) is 0 Å². The lowest BCUT2D eigenvalue weighted by atomic mass is 10.1. The van der Waals surface area contributed by atoms with Crippen LogP contribution in [0.2, 0.25) is 0 Å². The Labute approximate surface area is 140 Å². The third-order valence-corrected chi connectivity index (χ3v) is 3.76. The number of carbonyl (C=O) groups excluding carboxylic acids is 1. The molecule has 0 bridgehead atoms. The molecule has 0 unspecified atom stereocenters. The van der Waals surface area contributed by atoms with Gasteiger partial charge in [0.05, 0.1) is 12.1 Å². The fraction of sp³-hybridized carbons (Fsp3) is 0.100. The van der Waals surface area contributed by atoms with Crippen molar-refractivity contribution >= 4 is 11.6 Å². The predicted octanol–water partition coefficient (Wildman–Crippen LogP) is 4.38. The molecule has 3 aromatic rings. The van der Waals surface area contributed by atoms with Gasteiger partial charge in [0.1, 0.15) is 5.82 Å². The second kappa shape index (κ2) is 7.04. The van der Waals surface area contributed by atoms with E-state index in [0.717, 1.165) is 16.8 Å². The molecule has 0 aliphatic carbocycles. The van der Waals surface area contributed by atoms with Crippen LogP contribution >= 0.6 is 0 Å². The monoisotopic (exact) mass is 320 g/mol. The lowest BCUT2D eigenvalue weighted by Crippen LogP contribution is -2.31. The average Bonchev–Trinajstić information content (AvgIpc) is 2.61. The SMILES string of the molecule is Cc1ccc(N(Cc2cccnc2)C(=O)c2ccccc2F)cc1. The first-order valence-corrected chi connectivity index (χ1v) is 7.67. The predicted molar refractivity (Wildman–Crippen MR) is 92.3 cm³/mol. The molecule has 0 N–H and O–H groups in total. The number of halogens is 1. The molecular formula is C20H17FN2O. The first kappa shape index (κ1) is 15.9. The van der Waals surface area contributed by atoms with E-state index >= 15 is 0 Å². The van der Waals surface area contributed by atoms with E-state index in [2.05, 4.69) is 4.98 Å². The molecule has 0 fully saturated rings. The van der Waals surface area contributed by atoms with Crippen LogP contribution < -0.4 is 4.90 Å². The van der Waals surface area contributed by atoms with E-state index in [1.165, 1.54) is 12.1 Å². The van der Waals surface area contributed by atoms with E-state index in [1.54, 1.807) is 29.4 Å². The molecule has 0 aliphatic heterocycles. The minimum Gasteiger partial charge on any atom is -0.304 e. The zero-order valence-electron chi connectivity index (χ0n) is 13.3. The summed E-state index contributed by atoms with van der Waals surface area (Å²) in [4.78, 5) is 18.6. The first-order chi connectivity index (χ1) is 11.6. The van der Waals surface area contributed by atoms with Crippen molar-refractivity contribution in [1.82, 2.24) is 4.98 Å². The number of aromatic nitrogens is 1. The summed E-state index contributed by atoms with van der Waals surface area (Å²) in [7, 11) is 0. The van der Waals surface area contributed by atoms with Crippen LogP contribution in [0.3, 0.4) is 0 Å². The summed E-state index contributed by atoms with van der Waals surface area (Å²) in [5.74, 6) is -0.897. The highest BCUT2D eigenvalue weighted by Gasteiger charge is 2.21. The summed E-state index contributed by atoms with van der Waals surface area (Å²) < 4.78 is 14.1. The number of rotatable bonds is 4. The topological polar surface area (TPSA) is 33.2 Å². The number of hydrogen-bond acceptors (Lipinski definition) is 2. The summed E-state index contributed by atoms with van der Waals surface area (Å²) in [5, 5.41) is 0. The Kier molecular flexibility index (Phi) is 4.66. The number of hydrogen-bond donors (Lipinski definition) is 0. The van der Waals surface area contributed by atoms with Gasteiger partial charge < -0.3 is 4.90 Å². The Balaban J connectivity index is 1.99. The summed E-state index contributed by atoms with van der Waals surface area (Å²) in [6, 6.07) is 17.3. The number of aryl methyl sites for hydroxylation is 1. The summed E-state index contributed by atoms with van der Waals surface area (Å²) in [6.45, 7) is 2.30. The third-order valence-electron chi connectivity index (χ3n) is 3.76. The first-order valence-electron chi connectivity index (χ1n) is 7.67. The van der Waals surface area contributed by atoms with Gasteiger partial charge in [-0.3, -0.25) is 9.78 Å². The standard InChI is InChI=1S/C20H17FN2O/c1-15-8-10-17(11-9-15)23(14-16-5-4-12-22-13-16)20(24)18-6-2-3-7-19(18)21/h2-13H,14H2,1H3. The van der Waals surface area contributed by atoms with Gasteiger partial charge in [0.15, 0.2) is 0 Å². The maximum absolute atomic E-state index is 14.1. The highest BCUT2D eigenvalue weighted by atomic mass is 19.1. The van der Waals surface area contributed by atoms with Crippen molar-refractivity contribution < 1.29 is 9.18 Å².